The number of hydrogen-bond donors (Lipinski definition) is 1. The number of carbonyl (C=O) groups excluding carboxylic acids is 1. The van der Waals surface area contributed by atoms with Crippen molar-refractivity contribution in [2.24, 2.45) is 0 Å². The summed E-state index contributed by atoms with van der Waals surface area (Å²) in [6.07, 6.45) is 2.12. The summed E-state index contributed by atoms with van der Waals surface area (Å²) in [5.41, 5.74) is 5.91. The quantitative estimate of drug-likeness (QED) is 0.436. The molecule has 7 nitrogen and oxygen atoms in total. The normalized spacial score (nSPS) is 14.5. The second kappa shape index (κ2) is 9.18. The number of imidazole rings is 1. The first-order valence-corrected chi connectivity index (χ1v) is 12.7. The molecule has 1 amide bonds. The number of aromatic nitrogens is 3. The summed E-state index contributed by atoms with van der Waals surface area (Å²) in [5.74, 6) is 2.58. The van der Waals surface area contributed by atoms with Crippen molar-refractivity contribution in [1.29, 1.82) is 0 Å². The van der Waals surface area contributed by atoms with Crippen LogP contribution in [0.25, 0.3) is 16.7 Å². The zero-order valence-corrected chi connectivity index (χ0v) is 20.6. The van der Waals surface area contributed by atoms with Crippen LogP contribution in [0.1, 0.15) is 32.0 Å². The smallest absolute Gasteiger partial charge is 0.231 e. The molecule has 1 aliphatic rings. The van der Waals surface area contributed by atoms with Crippen molar-refractivity contribution in [3.63, 3.8) is 0 Å². The lowest BCUT2D eigenvalue weighted by molar-refractivity contribution is -0.115. The fourth-order valence-corrected chi connectivity index (χ4v) is 4.96. The van der Waals surface area contributed by atoms with E-state index in [1.807, 2.05) is 63.1 Å². The monoisotopic (exact) mass is 475 g/mol. The van der Waals surface area contributed by atoms with Crippen LogP contribution >= 0.6 is 11.8 Å². The van der Waals surface area contributed by atoms with Gasteiger partial charge in [-0.1, -0.05) is 38.1 Å². The molecule has 4 aromatic rings. The van der Waals surface area contributed by atoms with E-state index in [1.54, 1.807) is 6.07 Å². The average molecular weight is 476 g/mol. The van der Waals surface area contributed by atoms with Crippen LogP contribution < -0.4 is 10.2 Å². The highest BCUT2D eigenvalue weighted by atomic mass is 32.2. The van der Waals surface area contributed by atoms with Crippen LogP contribution in [-0.2, 0) is 16.6 Å². The molecule has 0 saturated carbocycles. The molecule has 1 aliphatic heterocycles. The van der Waals surface area contributed by atoms with Gasteiger partial charge in [0, 0.05) is 47.5 Å². The number of nitrogens with one attached hydrogen (secondary N) is 1. The van der Waals surface area contributed by atoms with E-state index in [9.17, 15) is 4.79 Å². The molecule has 1 N–H and O–H groups in total. The van der Waals surface area contributed by atoms with Crippen LogP contribution in [0.5, 0.6) is 0 Å². The zero-order valence-electron chi connectivity index (χ0n) is 19.7. The van der Waals surface area contributed by atoms with Crippen LogP contribution in [-0.4, -0.2) is 45.2 Å². The lowest BCUT2D eigenvalue weighted by Gasteiger charge is -2.28. The van der Waals surface area contributed by atoms with Crippen LogP contribution in [0.15, 0.2) is 59.4 Å². The molecule has 3 heterocycles. The largest absolute Gasteiger partial charge is 0.370 e. The summed E-state index contributed by atoms with van der Waals surface area (Å²) in [6.45, 7) is 8.32. The Morgan fingerprint density at radius 2 is 1.79 bits per heavy atom. The van der Waals surface area contributed by atoms with E-state index < -0.39 is 0 Å². The zero-order chi connectivity index (χ0) is 23.7. The number of thioether (sulfide) groups is 1. The number of nitrogens with zero attached hydrogens (tertiary/aromatic N) is 4. The van der Waals surface area contributed by atoms with Crippen molar-refractivity contribution in [2.75, 3.05) is 34.8 Å². The molecule has 0 radical (unpaired) electrons. The SMILES string of the molecule is CC(C)(C)c1cc(NC(=O)Cc2ccc(-n3cnc4cc(N5CCSCC5)ccc43)cc2)on1. The van der Waals surface area contributed by atoms with E-state index in [2.05, 4.69) is 43.1 Å². The van der Waals surface area contributed by atoms with Gasteiger partial charge < -0.3 is 9.42 Å². The Morgan fingerprint density at radius 1 is 1.06 bits per heavy atom. The van der Waals surface area contributed by atoms with Crippen molar-refractivity contribution in [2.45, 2.75) is 32.6 Å². The number of hydrogen-bond acceptors (Lipinski definition) is 6. The Morgan fingerprint density at radius 3 is 2.50 bits per heavy atom. The summed E-state index contributed by atoms with van der Waals surface area (Å²) in [5, 5.41) is 6.84. The van der Waals surface area contributed by atoms with Crippen LogP contribution in [0, 0.1) is 0 Å². The third-order valence-corrected chi connectivity index (χ3v) is 6.97. The Hall–Kier alpha value is -3.26. The minimum absolute atomic E-state index is 0.131. The summed E-state index contributed by atoms with van der Waals surface area (Å²) in [4.78, 5) is 19.5. The van der Waals surface area contributed by atoms with Gasteiger partial charge in [0.05, 0.1) is 23.1 Å². The van der Waals surface area contributed by atoms with E-state index >= 15 is 0 Å². The molecule has 1 fully saturated rings. The van der Waals surface area contributed by atoms with Gasteiger partial charge in [0.1, 0.15) is 6.33 Å². The Kier molecular flexibility index (Phi) is 6.08. The molecule has 2 aromatic heterocycles. The van der Waals surface area contributed by atoms with Gasteiger partial charge in [0.25, 0.3) is 0 Å². The van der Waals surface area contributed by atoms with Gasteiger partial charge in [0.2, 0.25) is 11.8 Å². The Labute approximate surface area is 203 Å². The molecule has 0 unspecified atom stereocenters. The molecular formula is C26H29N5O2S. The van der Waals surface area contributed by atoms with E-state index in [1.165, 1.54) is 17.2 Å². The lowest BCUT2D eigenvalue weighted by Crippen LogP contribution is -2.32. The predicted molar refractivity (Wildman–Crippen MR) is 138 cm³/mol. The average Bonchev–Trinajstić information content (AvgIpc) is 3.47. The van der Waals surface area contributed by atoms with Gasteiger partial charge in [-0.25, -0.2) is 4.98 Å². The molecular weight excluding hydrogens is 446 g/mol. The molecule has 176 valence electrons. The van der Waals surface area contributed by atoms with Gasteiger partial charge in [-0.05, 0) is 35.9 Å². The highest BCUT2D eigenvalue weighted by molar-refractivity contribution is 7.99. The summed E-state index contributed by atoms with van der Waals surface area (Å²) in [6, 6.07) is 16.3. The van der Waals surface area contributed by atoms with Crippen molar-refractivity contribution >= 4 is 40.3 Å². The number of benzene rings is 2. The number of anilines is 2. The number of rotatable bonds is 5. The van der Waals surface area contributed by atoms with E-state index in [4.69, 9.17) is 4.52 Å². The van der Waals surface area contributed by atoms with Crippen molar-refractivity contribution in [3.05, 3.63) is 66.1 Å². The standard InChI is InChI=1S/C26H29N5O2S/c1-26(2,3)23-16-25(33-29-23)28-24(32)14-18-4-6-19(7-5-18)31-17-27-21-15-20(8-9-22(21)31)30-10-12-34-13-11-30/h4-9,15-17H,10-14H2,1-3H3,(H,28,32). The van der Waals surface area contributed by atoms with Gasteiger partial charge in [-0.2, -0.15) is 11.8 Å². The fourth-order valence-electron chi connectivity index (χ4n) is 4.05. The van der Waals surface area contributed by atoms with Gasteiger partial charge >= 0.3 is 0 Å². The van der Waals surface area contributed by atoms with Crippen LogP contribution in [0.4, 0.5) is 11.6 Å². The second-order valence-electron chi connectivity index (χ2n) is 9.60. The molecule has 0 atom stereocenters. The summed E-state index contributed by atoms with van der Waals surface area (Å²) >= 11 is 2.01. The summed E-state index contributed by atoms with van der Waals surface area (Å²) in [7, 11) is 0. The number of amides is 1. The minimum atomic E-state index is -0.138. The van der Waals surface area contributed by atoms with Crippen LogP contribution in [0.2, 0.25) is 0 Å². The van der Waals surface area contributed by atoms with Crippen molar-refractivity contribution in [1.82, 2.24) is 14.7 Å². The highest BCUT2D eigenvalue weighted by Gasteiger charge is 2.20. The van der Waals surface area contributed by atoms with Gasteiger partial charge in [-0.3, -0.25) is 14.7 Å². The first-order chi connectivity index (χ1) is 16.4. The predicted octanol–water partition coefficient (Wildman–Crippen LogP) is 5.05. The third-order valence-electron chi connectivity index (χ3n) is 6.03. The third kappa shape index (κ3) is 4.82. The first kappa shape index (κ1) is 22.5. The maximum atomic E-state index is 12.5. The Balaban J connectivity index is 1.26. The molecule has 0 aliphatic carbocycles. The molecule has 34 heavy (non-hydrogen) atoms. The Bertz CT molecular complexity index is 1300. The molecule has 0 bridgehead atoms. The highest BCUT2D eigenvalue weighted by Crippen LogP contribution is 2.26. The molecule has 2 aromatic carbocycles. The minimum Gasteiger partial charge on any atom is -0.370 e. The van der Waals surface area contributed by atoms with Crippen LogP contribution in [0.3, 0.4) is 0 Å². The second-order valence-corrected chi connectivity index (χ2v) is 10.8. The van der Waals surface area contributed by atoms with Crippen molar-refractivity contribution in [3.8, 4) is 5.69 Å². The maximum absolute atomic E-state index is 12.5. The van der Waals surface area contributed by atoms with E-state index in [-0.39, 0.29) is 17.7 Å². The van der Waals surface area contributed by atoms with Crippen molar-refractivity contribution < 1.29 is 9.32 Å². The van der Waals surface area contributed by atoms with E-state index in [0.717, 1.165) is 41.1 Å². The number of fused-ring (bicyclic) bond motifs is 1. The van der Waals surface area contributed by atoms with Gasteiger partial charge in [-0.15, -0.1) is 0 Å². The molecule has 0 spiro atoms. The maximum Gasteiger partial charge on any atom is 0.231 e. The first-order valence-electron chi connectivity index (χ1n) is 11.5. The number of carbonyl (C=O) groups is 1. The summed E-state index contributed by atoms with van der Waals surface area (Å²) < 4.78 is 7.34. The molecule has 8 heteroatoms. The lowest BCUT2D eigenvalue weighted by atomic mass is 9.92. The van der Waals surface area contributed by atoms with Gasteiger partial charge in [0.15, 0.2) is 0 Å². The van der Waals surface area contributed by atoms with E-state index in [0.29, 0.717) is 5.88 Å². The molecule has 5 rings (SSSR count). The fraction of sp³-hybridized carbons (Fsp3) is 0.346. The molecule has 1 saturated heterocycles. The topological polar surface area (TPSA) is 76.2 Å².